The molecular formula is C21H35Cl2N3O5S2. The van der Waals surface area contributed by atoms with Crippen molar-refractivity contribution in [2.45, 2.75) is 56.4 Å². The molecule has 3 atom stereocenters. The lowest BCUT2D eigenvalue weighted by atomic mass is 10.1. The molecule has 33 heavy (non-hydrogen) atoms. The molecule has 0 saturated carbocycles. The predicted molar refractivity (Wildman–Crippen MR) is 138 cm³/mol. The van der Waals surface area contributed by atoms with Crippen molar-refractivity contribution < 1.29 is 24.2 Å². The normalized spacial score (nSPS) is 19.1. The molecule has 2 rings (SSSR count). The van der Waals surface area contributed by atoms with E-state index in [4.69, 9.17) is 10.5 Å². The Morgan fingerprint density at radius 1 is 1.30 bits per heavy atom. The monoisotopic (exact) mass is 543 g/mol. The number of esters is 1. The van der Waals surface area contributed by atoms with Gasteiger partial charge < -0.3 is 20.5 Å². The molecule has 1 saturated heterocycles. The number of nitrogens with two attached hydrogens (primary N) is 1. The summed E-state index contributed by atoms with van der Waals surface area (Å²) in [6.07, 6.45) is 4.28. The molecule has 12 heteroatoms. The Kier molecular flexibility index (Phi) is 16.9. The van der Waals surface area contributed by atoms with Crippen molar-refractivity contribution in [3.63, 3.8) is 0 Å². The minimum atomic E-state index is -1.05. The van der Waals surface area contributed by atoms with Gasteiger partial charge in [-0.15, -0.1) is 47.9 Å². The first kappa shape index (κ1) is 32.0. The van der Waals surface area contributed by atoms with Gasteiger partial charge in [0.15, 0.2) is 0 Å². The lowest BCUT2D eigenvalue weighted by molar-refractivity contribution is -0.148. The number of amides is 1. The molecule has 0 unspecified atom stereocenters. The number of hydrogen-bond donors (Lipinski definition) is 3. The fraction of sp³-hybridized carbons (Fsp3) is 0.667. The van der Waals surface area contributed by atoms with E-state index in [1.165, 1.54) is 4.90 Å². The Labute approximate surface area is 216 Å². The van der Waals surface area contributed by atoms with Crippen LogP contribution in [0.15, 0.2) is 17.5 Å². The average molecular weight is 545 g/mol. The number of carboxylic acid groups (broad SMARTS) is 1. The number of nitrogens with one attached hydrogen (secondary N) is 1. The third-order valence-electron chi connectivity index (χ3n) is 5.07. The third-order valence-corrected chi connectivity index (χ3v) is 7.53. The van der Waals surface area contributed by atoms with Gasteiger partial charge in [-0.1, -0.05) is 25.3 Å². The van der Waals surface area contributed by atoms with Crippen LogP contribution in [0.3, 0.4) is 0 Å². The Bertz CT molecular complexity index is 712. The van der Waals surface area contributed by atoms with Crippen LogP contribution in [0.1, 0.15) is 49.2 Å². The highest BCUT2D eigenvalue weighted by Crippen LogP contribution is 2.35. The Hall–Kier alpha value is -1.04. The molecule has 0 aliphatic carbocycles. The van der Waals surface area contributed by atoms with Gasteiger partial charge in [0.25, 0.3) is 0 Å². The van der Waals surface area contributed by atoms with E-state index < -0.39 is 18.1 Å². The van der Waals surface area contributed by atoms with Gasteiger partial charge in [0.1, 0.15) is 12.6 Å². The topological polar surface area (TPSA) is 122 Å². The summed E-state index contributed by atoms with van der Waals surface area (Å²) < 4.78 is 5.22. The van der Waals surface area contributed by atoms with Crippen LogP contribution >= 0.6 is 47.9 Å². The summed E-state index contributed by atoms with van der Waals surface area (Å²) in [4.78, 5) is 39.5. The summed E-state index contributed by atoms with van der Waals surface area (Å²) in [7, 11) is 0. The minimum absolute atomic E-state index is 0. The van der Waals surface area contributed by atoms with Crippen molar-refractivity contribution in [2.75, 3.05) is 32.0 Å². The zero-order valence-corrected chi connectivity index (χ0v) is 22.0. The molecule has 0 radical (unpaired) electrons. The molecule has 4 N–H and O–H groups in total. The van der Waals surface area contributed by atoms with Gasteiger partial charge in [-0.05, 0) is 37.8 Å². The molecule has 1 aliphatic rings. The number of aliphatic carboxylic acids is 1. The highest BCUT2D eigenvalue weighted by molar-refractivity contribution is 7.99. The highest BCUT2D eigenvalue weighted by Gasteiger charge is 2.35. The lowest BCUT2D eigenvalue weighted by Gasteiger charge is -2.26. The molecule has 1 amide bonds. The molecule has 1 aliphatic heterocycles. The van der Waals surface area contributed by atoms with Crippen LogP contribution in [0.4, 0.5) is 0 Å². The van der Waals surface area contributed by atoms with Crippen LogP contribution in [0, 0.1) is 0 Å². The first-order valence-corrected chi connectivity index (χ1v) is 12.7. The Morgan fingerprint density at radius 2 is 2.03 bits per heavy atom. The first-order valence-electron chi connectivity index (χ1n) is 10.7. The molecular weight excluding hydrogens is 509 g/mol. The second-order valence-electron chi connectivity index (χ2n) is 7.47. The van der Waals surface area contributed by atoms with E-state index in [1.807, 2.05) is 17.5 Å². The molecule has 8 nitrogen and oxygen atoms in total. The standard InChI is InChI=1S/C21H33N3O5S2.2ClH/c1-2-29-21(28)15(8-5-3-4-6-10-22)23-16-14-31-18(17-9-7-11-30-17)12-24(20(16)27)13-19(25)26;;/h7,9,11,15-16,18,23H,2-6,8,10,12-14,22H2,1H3,(H,25,26);2*1H/t15-,16-,18-;;/m0../s1. The summed E-state index contributed by atoms with van der Waals surface area (Å²) in [5.41, 5.74) is 5.53. The van der Waals surface area contributed by atoms with Crippen molar-refractivity contribution in [1.82, 2.24) is 10.2 Å². The predicted octanol–water partition coefficient (Wildman–Crippen LogP) is 3.09. The van der Waals surface area contributed by atoms with Crippen molar-refractivity contribution in [2.24, 2.45) is 5.73 Å². The van der Waals surface area contributed by atoms with Crippen molar-refractivity contribution in [3.05, 3.63) is 22.4 Å². The lowest BCUT2D eigenvalue weighted by Crippen LogP contribution is -2.53. The van der Waals surface area contributed by atoms with E-state index in [-0.39, 0.29) is 55.1 Å². The third kappa shape index (κ3) is 10.8. The van der Waals surface area contributed by atoms with E-state index in [0.717, 1.165) is 30.6 Å². The van der Waals surface area contributed by atoms with Gasteiger partial charge in [-0.2, -0.15) is 0 Å². The van der Waals surface area contributed by atoms with Gasteiger partial charge in [-0.25, -0.2) is 0 Å². The van der Waals surface area contributed by atoms with E-state index in [2.05, 4.69) is 5.32 Å². The van der Waals surface area contributed by atoms with E-state index >= 15 is 0 Å². The number of ether oxygens (including phenoxy) is 1. The number of carbonyl (C=O) groups excluding carboxylic acids is 2. The second kappa shape index (κ2) is 17.4. The highest BCUT2D eigenvalue weighted by atomic mass is 35.5. The molecule has 190 valence electrons. The summed E-state index contributed by atoms with van der Waals surface area (Å²) >= 11 is 3.21. The first-order chi connectivity index (χ1) is 15.0. The van der Waals surface area contributed by atoms with Crippen LogP contribution in [0.25, 0.3) is 0 Å². The smallest absolute Gasteiger partial charge is 0.323 e. The van der Waals surface area contributed by atoms with E-state index in [9.17, 15) is 19.5 Å². The van der Waals surface area contributed by atoms with Gasteiger partial charge in [-0.3, -0.25) is 19.7 Å². The summed E-state index contributed by atoms with van der Waals surface area (Å²) in [6, 6.07) is 2.71. The molecule has 0 aromatic carbocycles. The number of unbranched alkanes of at least 4 members (excludes halogenated alkanes) is 3. The van der Waals surface area contributed by atoms with Crippen LogP contribution in [0.2, 0.25) is 0 Å². The van der Waals surface area contributed by atoms with Crippen molar-refractivity contribution in [1.29, 1.82) is 0 Å². The second-order valence-corrected chi connectivity index (χ2v) is 9.68. The molecule has 1 aromatic rings. The number of nitrogens with zero attached hydrogens (tertiary/aromatic N) is 1. The van der Waals surface area contributed by atoms with E-state index in [0.29, 0.717) is 25.3 Å². The van der Waals surface area contributed by atoms with Crippen molar-refractivity contribution >= 4 is 65.8 Å². The fourth-order valence-electron chi connectivity index (χ4n) is 3.52. The number of halogens is 2. The van der Waals surface area contributed by atoms with Crippen LogP contribution in [-0.4, -0.2) is 71.9 Å². The number of carboxylic acids is 1. The van der Waals surface area contributed by atoms with Crippen LogP contribution < -0.4 is 11.1 Å². The summed E-state index contributed by atoms with van der Waals surface area (Å²) in [6.45, 7) is 2.64. The largest absolute Gasteiger partial charge is 0.480 e. The fourth-order valence-corrected chi connectivity index (χ4v) is 5.78. The Balaban J connectivity index is 0.00000512. The number of carbonyl (C=O) groups is 3. The molecule has 1 fully saturated rings. The van der Waals surface area contributed by atoms with E-state index in [1.54, 1.807) is 30.0 Å². The van der Waals surface area contributed by atoms with Gasteiger partial charge in [0.2, 0.25) is 5.91 Å². The number of thiophene rings is 1. The zero-order valence-electron chi connectivity index (χ0n) is 18.8. The Morgan fingerprint density at radius 3 is 2.64 bits per heavy atom. The molecule has 1 aromatic heterocycles. The quantitative estimate of drug-likeness (QED) is 0.256. The zero-order chi connectivity index (χ0) is 22.6. The maximum atomic E-state index is 13.2. The number of thioether (sulfide) groups is 1. The van der Waals surface area contributed by atoms with Gasteiger partial charge in [0, 0.05) is 17.2 Å². The van der Waals surface area contributed by atoms with Crippen LogP contribution in [0.5, 0.6) is 0 Å². The van der Waals surface area contributed by atoms with Crippen LogP contribution in [-0.2, 0) is 19.1 Å². The molecule has 0 spiro atoms. The summed E-state index contributed by atoms with van der Waals surface area (Å²) in [5, 5.41) is 14.5. The number of rotatable bonds is 13. The molecule has 2 heterocycles. The van der Waals surface area contributed by atoms with Crippen molar-refractivity contribution in [3.8, 4) is 0 Å². The van der Waals surface area contributed by atoms with Gasteiger partial charge >= 0.3 is 11.9 Å². The number of hydrogen-bond acceptors (Lipinski definition) is 8. The average Bonchev–Trinajstić information content (AvgIpc) is 3.22. The SMILES string of the molecule is CCOC(=O)[C@H](CCCCCCN)N[C@H]1CS[C@H](c2cccs2)CN(CC(=O)O)C1=O.Cl.Cl. The minimum Gasteiger partial charge on any atom is -0.480 e. The maximum absolute atomic E-state index is 13.2. The summed E-state index contributed by atoms with van der Waals surface area (Å²) in [5.74, 6) is -1.25. The maximum Gasteiger partial charge on any atom is 0.323 e. The molecule has 0 bridgehead atoms. The van der Waals surface area contributed by atoms with Gasteiger partial charge in [0.05, 0.1) is 17.9 Å².